The number of para-hydroxylation sites is 1. The number of anilines is 1. The molecule has 0 radical (unpaired) electrons. The molecule has 3 nitrogen and oxygen atoms in total. The molecular formula is C16H24ClN3. The topological polar surface area (TPSA) is 18.5 Å². The van der Waals surface area contributed by atoms with E-state index >= 15 is 0 Å². The molecule has 2 aliphatic rings. The van der Waals surface area contributed by atoms with Crippen LogP contribution in [-0.4, -0.2) is 49.7 Å². The normalized spacial score (nSPS) is 22.0. The molecule has 1 aliphatic heterocycles. The first kappa shape index (κ1) is 14.2. The third-order valence-corrected chi connectivity index (χ3v) is 4.73. The van der Waals surface area contributed by atoms with Gasteiger partial charge in [0.1, 0.15) is 0 Å². The molecule has 2 fully saturated rings. The Bertz CT molecular complexity index is 439. The van der Waals surface area contributed by atoms with Crippen molar-refractivity contribution < 1.29 is 0 Å². The van der Waals surface area contributed by atoms with Crippen LogP contribution in [0.2, 0.25) is 5.02 Å². The van der Waals surface area contributed by atoms with E-state index in [4.69, 9.17) is 11.6 Å². The standard InChI is InChI=1S/C16H24ClN3/c1-13(12-18-14-6-7-14)19-8-10-20(11-9-19)16-5-3-2-4-15(16)17/h2-5,13-14,18H,6-12H2,1H3. The summed E-state index contributed by atoms with van der Waals surface area (Å²) in [5.41, 5.74) is 1.18. The van der Waals surface area contributed by atoms with Crippen molar-refractivity contribution in [2.45, 2.75) is 31.8 Å². The minimum atomic E-state index is 0.629. The lowest BCUT2D eigenvalue weighted by atomic mass is 10.2. The maximum Gasteiger partial charge on any atom is 0.0639 e. The Morgan fingerprint density at radius 2 is 1.90 bits per heavy atom. The molecule has 3 rings (SSSR count). The Hall–Kier alpha value is -0.770. The van der Waals surface area contributed by atoms with Crippen molar-refractivity contribution in [2.24, 2.45) is 0 Å². The van der Waals surface area contributed by atoms with Gasteiger partial charge in [0.25, 0.3) is 0 Å². The molecule has 1 N–H and O–H groups in total. The first-order valence-corrected chi connectivity index (χ1v) is 8.09. The summed E-state index contributed by atoms with van der Waals surface area (Å²) in [5, 5.41) is 4.49. The van der Waals surface area contributed by atoms with Crippen molar-refractivity contribution in [3.63, 3.8) is 0 Å². The molecule has 1 saturated heterocycles. The lowest BCUT2D eigenvalue weighted by Crippen LogP contribution is -2.52. The van der Waals surface area contributed by atoms with E-state index in [0.717, 1.165) is 43.8 Å². The summed E-state index contributed by atoms with van der Waals surface area (Å²) in [4.78, 5) is 4.99. The lowest BCUT2D eigenvalue weighted by molar-refractivity contribution is 0.193. The zero-order chi connectivity index (χ0) is 13.9. The molecule has 20 heavy (non-hydrogen) atoms. The highest BCUT2D eigenvalue weighted by Crippen LogP contribution is 2.26. The Labute approximate surface area is 126 Å². The number of halogens is 1. The van der Waals surface area contributed by atoms with Crippen molar-refractivity contribution in [3.8, 4) is 0 Å². The second-order valence-corrected chi connectivity index (χ2v) is 6.41. The maximum atomic E-state index is 6.28. The van der Waals surface area contributed by atoms with Gasteiger partial charge in [-0.3, -0.25) is 4.90 Å². The van der Waals surface area contributed by atoms with E-state index < -0.39 is 0 Å². The summed E-state index contributed by atoms with van der Waals surface area (Å²) in [6, 6.07) is 9.59. The van der Waals surface area contributed by atoms with Crippen LogP contribution in [0.4, 0.5) is 5.69 Å². The van der Waals surface area contributed by atoms with E-state index in [1.807, 2.05) is 12.1 Å². The zero-order valence-corrected chi connectivity index (χ0v) is 12.9. The average Bonchev–Trinajstić information content (AvgIpc) is 3.30. The fourth-order valence-electron chi connectivity index (χ4n) is 2.87. The van der Waals surface area contributed by atoms with Crippen LogP contribution < -0.4 is 10.2 Å². The summed E-state index contributed by atoms with van der Waals surface area (Å²) < 4.78 is 0. The zero-order valence-electron chi connectivity index (χ0n) is 12.2. The summed E-state index contributed by atoms with van der Waals surface area (Å²) >= 11 is 6.28. The summed E-state index contributed by atoms with van der Waals surface area (Å²) in [7, 11) is 0. The fraction of sp³-hybridized carbons (Fsp3) is 0.625. The first-order valence-electron chi connectivity index (χ1n) is 7.71. The molecule has 110 valence electrons. The van der Waals surface area contributed by atoms with Gasteiger partial charge in [0.2, 0.25) is 0 Å². The number of piperazine rings is 1. The van der Waals surface area contributed by atoms with Gasteiger partial charge in [-0.1, -0.05) is 23.7 Å². The molecule has 0 spiro atoms. The monoisotopic (exact) mass is 293 g/mol. The highest BCUT2D eigenvalue weighted by molar-refractivity contribution is 6.33. The molecule has 0 amide bonds. The molecule has 1 saturated carbocycles. The van der Waals surface area contributed by atoms with E-state index in [1.165, 1.54) is 18.5 Å². The van der Waals surface area contributed by atoms with Gasteiger partial charge in [-0.25, -0.2) is 0 Å². The molecule has 0 bridgehead atoms. The molecule has 1 atom stereocenters. The quantitative estimate of drug-likeness (QED) is 0.900. The van der Waals surface area contributed by atoms with E-state index in [1.54, 1.807) is 0 Å². The molecule has 1 aromatic carbocycles. The Morgan fingerprint density at radius 1 is 1.20 bits per heavy atom. The van der Waals surface area contributed by atoms with E-state index in [2.05, 4.69) is 34.2 Å². The van der Waals surface area contributed by atoms with Crippen LogP contribution in [0.1, 0.15) is 19.8 Å². The average molecular weight is 294 g/mol. The van der Waals surface area contributed by atoms with Crippen LogP contribution in [0, 0.1) is 0 Å². The number of hydrogen-bond donors (Lipinski definition) is 1. The van der Waals surface area contributed by atoms with Crippen LogP contribution in [0.3, 0.4) is 0 Å². The van der Waals surface area contributed by atoms with Gasteiger partial charge >= 0.3 is 0 Å². The van der Waals surface area contributed by atoms with Crippen LogP contribution in [0.5, 0.6) is 0 Å². The second-order valence-electron chi connectivity index (χ2n) is 6.01. The van der Waals surface area contributed by atoms with Gasteiger partial charge in [0, 0.05) is 44.8 Å². The second kappa shape index (κ2) is 6.33. The highest BCUT2D eigenvalue weighted by Gasteiger charge is 2.25. The fourth-order valence-corrected chi connectivity index (χ4v) is 3.12. The number of benzene rings is 1. The number of nitrogens with one attached hydrogen (secondary N) is 1. The van der Waals surface area contributed by atoms with Crippen molar-refractivity contribution in [1.82, 2.24) is 10.2 Å². The van der Waals surface area contributed by atoms with E-state index in [0.29, 0.717) is 6.04 Å². The molecule has 1 heterocycles. The van der Waals surface area contributed by atoms with Gasteiger partial charge in [-0.05, 0) is 31.9 Å². The molecule has 1 unspecified atom stereocenters. The van der Waals surface area contributed by atoms with Crippen LogP contribution in [0.15, 0.2) is 24.3 Å². The Kier molecular flexibility index (Phi) is 4.49. The number of rotatable bonds is 5. The Balaban J connectivity index is 1.49. The first-order chi connectivity index (χ1) is 9.74. The molecule has 1 aliphatic carbocycles. The van der Waals surface area contributed by atoms with E-state index in [9.17, 15) is 0 Å². The molecule has 4 heteroatoms. The molecular weight excluding hydrogens is 270 g/mol. The van der Waals surface area contributed by atoms with Gasteiger partial charge in [0.05, 0.1) is 10.7 Å². The summed E-state index contributed by atoms with van der Waals surface area (Å²) in [6.07, 6.45) is 2.74. The lowest BCUT2D eigenvalue weighted by Gasteiger charge is -2.39. The van der Waals surface area contributed by atoms with Gasteiger partial charge in [-0.2, -0.15) is 0 Å². The van der Waals surface area contributed by atoms with E-state index in [-0.39, 0.29) is 0 Å². The van der Waals surface area contributed by atoms with Crippen molar-refractivity contribution in [1.29, 1.82) is 0 Å². The largest absolute Gasteiger partial charge is 0.368 e. The highest BCUT2D eigenvalue weighted by atomic mass is 35.5. The van der Waals surface area contributed by atoms with Crippen molar-refractivity contribution in [3.05, 3.63) is 29.3 Å². The summed E-state index contributed by atoms with van der Waals surface area (Å²) in [5.74, 6) is 0. The van der Waals surface area contributed by atoms with Gasteiger partial charge in [-0.15, -0.1) is 0 Å². The van der Waals surface area contributed by atoms with Crippen molar-refractivity contribution >= 4 is 17.3 Å². The SMILES string of the molecule is CC(CNC1CC1)N1CCN(c2ccccc2Cl)CC1. The van der Waals surface area contributed by atoms with Crippen LogP contribution in [-0.2, 0) is 0 Å². The molecule has 1 aromatic rings. The van der Waals surface area contributed by atoms with Crippen LogP contribution >= 0.6 is 11.6 Å². The van der Waals surface area contributed by atoms with Gasteiger partial charge in [0.15, 0.2) is 0 Å². The van der Waals surface area contributed by atoms with Crippen LogP contribution in [0.25, 0.3) is 0 Å². The van der Waals surface area contributed by atoms with Crippen molar-refractivity contribution in [2.75, 3.05) is 37.6 Å². The van der Waals surface area contributed by atoms with Gasteiger partial charge < -0.3 is 10.2 Å². The predicted molar refractivity (Wildman–Crippen MR) is 85.7 cm³/mol. The third-order valence-electron chi connectivity index (χ3n) is 4.41. The predicted octanol–water partition coefficient (Wildman–Crippen LogP) is 2.60. The molecule has 0 aromatic heterocycles. The third kappa shape index (κ3) is 3.46. The Morgan fingerprint density at radius 3 is 2.55 bits per heavy atom. The minimum Gasteiger partial charge on any atom is -0.368 e. The number of nitrogens with zero attached hydrogens (tertiary/aromatic N) is 2. The maximum absolute atomic E-state index is 6.28. The summed E-state index contributed by atoms with van der Waals surface area (Å²) in [6.45, 7) is 7.84. The minimum absolute atomic E-state index is 0.629. The number of hydrogen-bond acceptors (Lipinski definition) is 3. The smallest absolute Gasteiger partial charge is 0.0639 e.